The Hall–Kier alpha value is -2.81. The molecule has 0 unspecified atom stereocenters. The molecule has 0 spiro atoms. The number of thioether (sulfide) groups is 1. The summed E-state index contributed by atoms with van der Waals surface area (Å²) in [5, 5.41) is 12.0. The van der Waals surface area contributed by atoms with Crippen LogP contribution < -0.4 is 11.1 Å². The number of para-hydroxylation sites is 1. The Balaban J connectivity index is 1.68. The fourth-order valence-electron chi connectivity index (χ4n) is 2.89. The number of hydrogen-bond donors (Lipinski definition) is 3. The molecule has 4 rings (SSSR count). The molecule has 0 saturated heterocycles. The molecule has 3 aromatic rings. The van der Waals surface area contributed by atoms with E-state index in [1.165, 1.54) is 11.8 Å². The molecule has 0 radical (unpaired) electrons. The van der Waals surface area contributed by atoms with Gasteiger partial charge in [-0.1, -0.05) is 30.0 Å². The molecule has 1 aromatic carbocycles. The van der Waals surface area contributed by atoms with Crippen molar-refractivity contribution in [3.63, 3.8) is 0 Å². The average Bonchev–Trinajstić information content (AvgIpc) is 3.22. The van der Waals surface area contributed by atoms with Gasteiger partial charge in [-0.25, -0.2) is 4.79 Å². The zero-order valence-electron chi connectivity index (χ0n) is 14.1. The predicted octanol–water partition coefficient (Wildman–Crippen LogP) is 2.44. The summed E-state index contributed by atoms with van der Waals surface area (Å²) >= 11 is 1.27. The molecule has 4 N–H and O–H groups in total. The number of carbonyl (C=O) groups excluding carboxylic acids is 2. The van der Waals surface area contributed by atoms with Crippen LogP contribution in [0.4, 0.5) is 4.79 Å². The van der Waals surface area contributed by atoms with Gasteiger partial charge >= 0.3 is 6.03 Å². The van der Waals surface area contributed by atoms with Crippen LogP contribution in [0.15, 0.2) is 35.6 Å². The van der Waals surface area contributed by atoms with Crippen LogP contribution in [0.25, 0.3) is 22.3 Å². The van der Waals surface area contributed by atoms with Crippen molar-refractivity contribution in [1.82, 2.24) is 25.1 Å². The lowest BCUT2D eigenvalue weighted by Gasteiger charge is -2.12. The second kappa shape index (κ2) is 6.49. The molecular weight excluding hydrogens is 352 g/mol. The second-order valence-electron chi connectivity index (χ2n) is 6.27. The Kier molecular flexibility index (Phi) is 4.15. The molecule has 1 fully saturated rings. The van der Waals surface area contributed by atoms with E-state index in [1.807, 2.05) is 30.5 Å². The highest BCUT2D eigenvalue weighted by Crippen LogP contribution is 2.42. The lowest BCUT2D eigenvalue weighted by Crippen LogP contribution is -2.39. The number of imide groups is 1. The summed E-state index contributed by atoms with van der Waals surface area (Å²) in [6.45, 7) is 1.71. The summed E-state index contributed by atoms with van der Waals surface area (Å²) in [5.41, 5.74) is 7.04. The maximum Gasteiger partial charge on any atom is 0.318 e. The standard InChI is InChI=1S/C17H18N6O2S/c1-9(15(24)20-16(18)25)26-17-22-21-14(23(17)10-6-7-10)12-8-19-13-5-3-2-4-11(12)13/h2-5,8-10,19H,6-7H2,1H3,(H3,18,20,24,25)/t9-/m1/s1. The maximum absolute atomic E-state index is 12.0. The average molecular weight is 370 g/mol. The second-order valence-corrected chi connectivity index (χ2v) is 7.58. The molecule has 2 aromatic heterocycles. The molecule has 1 atom stereocenters. The number of urea groups is 1. The van der Waals surface area contributed by atoms with Crippen molar-refractivity contribution in [1.29, 1.82) is 0 Å². The minimum Gasteiger partial charge on any atom is -0.360 e. The number of hydrogen-bond acceptors (Lipinski definition) is 5. The van der Waals surface area contributed by atoms with Crippen molar-refractivity contribution >= 4 is 34.6 Å². The van der Waals surface area contributed by atoms with Gasteiger partial charge in [0.15, 0.2) is 11.0 Å². The molecule has 0 bridgehead atoms. The fourth-order valence-corrected chi connectivity index (χ4v) is 3.81. The third kappa shape index (κ3) is 3.05. The van der Waals surface area contributed by atoms with E-state index in [0.29, 0.717) is 11.2 Å². The first-order valence-electron chi connectivity index (χ1n) is 8.33. The molecule has 1 saturated carbocycles. The summed E-state index contributed by atoms with van der Waals surface area (Å²) in [6, 6.07) is 7.51. The van der Waals surface area contributed by atoms with Crippen LogP contribution in [-0.4, -0.2) is 36.9 Å². The number of aromatic amines is 1. The lowest BCUT2D eigenvalue weighted by atomic mass is 10.1. The Morgan fingerprint density at radius 3 is 2.85 bits per heavy atom. The number of rotatable bonds is 5. The predicted molar refractivity (Wildman–Crippen MR) is 98.6 cm³/mol. The van der Waals surface area contributed by atoms with Gasteiger partial charge in [-0.15, -0.1) is 10.2 Å². The minimum absolute atomic E-state index is 0.336. The summed E-state index contributed by atoms with van der Waals surface area (Å²) in [4.78, 5) is 26.1. The van der Waals surface area contributed by atoms with Gasteiger partial charge in [-0.05, 0) is 25.8 Å². The zero-order valence-corrected chi connectivity index (χ0v) is 14.9. The Bertz CT molecular complexity index is 990. The summed E-state index contributed by atoms with van der Waals surface area (Å²) < 4.78 is 2.09. The normalized spacial score (nSPS) is 15.1. The van der Waals surface area contributed by atoms with E-state index in [1.54, 1.807) is 6.92 Å². The molecule has 8 nitrogen and oxygen atoms in total. The van der Waals surface area contributed by atoms with E-state index < -0.39 is 17.2 Å². The van der Waals surface area contributed by atoms with Crippen LogP contribution >= 0.6 is 11.8 Å². The minimum atomic E-state index is -0.856. The van der Waals surface area contributed by atoms with E-state index in [0.717, 1.165) is 35.1 Å². The molecule has 134 valence electrons. The van der Waals surface area contributed by atoms with E-state index >= 15 is 0 Å². The van der Waals surface area contributed by atoms with Crippen molar-refractivity contribution in [2.45, 2.75) is 36.2 Å². The van der Waals surface area contributed by atoms with E-state index in [4.69, 9.17) is 5.73 Å². The van der Waals surface area contributed by atoms with Gasteiger partial charge in [0, 0.05) is 28.7 Å². The van der Waals surface area contributed by atoms with Crippen LogP contribution in [0.2, 0.25) is 0 Å². The number of primary amides is 1. The van der Waals surface area contributed by atoms with E-state index in [-0.39, 0.29) is 0 Å². The molecule has 2 heterocycles. The molecule has 0 aliphatic heterocycles. The number of amides is 3. The molecule has 3 amide bonds. The third-order valence-corrected chi connectivity index (χ3v) is 5.36. The van der Waals surface area contributed by atoms with Crippen molar-refractivity contribution in [2.75, 3.05) is 0 Å². The number of nitrogens with one attached hydrogen (secondary N) is 2. The lowest BCUT2D eigenvalue weighted by molar-refractivity contribution is -0.119. The summed E-state index contributed by atoms with van der Waals surface area (Å²) in [5.74, 6) is 0.344. The number of benzene rings is 1. The summed E-state index contributed by atoms with van der Waals surface area (Å²) in [6.07, 6.45) is 4.05. The topological polar surface area (TPSA) is 119 Å². The largest absolute Gasteiger partial charge is 0.360 e. The number of nitrogens with two attached hydrogens (primary N) is 1. The van der Waals surface area contributed by atoms with Crippen LogP contribution in [0.3, 0.4) is 0 Å². The smallest absolute Gasteiger partial charge is 0.318 e. The number of carbonyl (C=O) groups is 2. The molecule has 1 aliphatic rings. The SMILES string of the molecule is C[C@@H](Sc1nnc(-c2c[nH]c3ccccc23)n1C1CC1)C(=O)NC(N)=O. The molecule has 1 aliphatic carbocycles. The van der Waals surface area contributed by atoms with Crippen LogP contribution in [0.1, 0.15) is 25.8 Å². The quantitative estimate of drug-likeness (QED) is 0.596. The Labute approximate surface area is 153 Å². The van der Waals surface area contributed by atoms with Gasteiger partial charge in [0.1, 0.15) is 0 Å². The maximum atomic E-state index is 12.0. The first-order chi connectivity index (χ1) is 12.5. The Morgan fingerprint density at radius 2 is 2.12 bits per heavy atom. The number of fused-ring (bicyclic) bond motifs is 1. The highest BCUT2D eigenvalue weighted by atomic mass is 32.2. The third-order valence-electron chi connectivity index (χ3n) is 4.30. The fraction of sp³-hybridized carbons (Fsp3) is 0.294. The molecule has 26 heavy (non-hydrogen) atoms. The van der Waals surface area contributed by atoms with Crippen molar-refractivity contribution in [2.24, 2.45) is 5.73 Å². The van der Waals surface area contributed by atoms with Crippen molar-refractivity contribution < 1.29 is 9.59 Å². The van der Waals surface area contributed by atoms with Gasteiger partial charge in [-0.2, -0.15) is 0 Å². The van der Waals surface area contributed by atoms with Gasteiger partial charge in [-0.3, -0.25) is 14.7 Å². The first-order valence-corrected chi connectivity index (χ1v) is 9.21. The highest BCUT2D eigenvalue weighted by Gasteiger charge is 2.32. The van der Waals surface area contributed by atoms with Crippen molar-refractivity contribution in [3.8, 4) is 11.4 Å². The molecular formula is C17H18N6O2S. The molecule has 9 heteroatoms. The monoisotopic (exact) mass is 370 g/mol. The van der Waals surface area contributed by atoms with Crippen LogP contribution in [-0.2, 0) is 4.79 Å². The van der Waals surface area contributed by atoms with E-state index in [2.05, 4.69) is 25.1 Å². The van der Waals surface area contributed by atoms with Gasteiger partial charge in [0.2, 0.25) is 5.91 Å². The Morgan fingerprint density at radius 1 is 1.35 bits per heavy atom. The van der Waals surface area contributed by atoms with Crippen molar-refractivity contribution in [3.05, 3.63) is 30.5 Å². The van der Waals surface area contributed by atoms with Crippen LogP contribution in [0, 0.1) is 0 Å². The van der Waals surface area contributed by atoms with Gasteiger partial charge in [0.05, 0.1) is 5.25 Å². The van der Waals surface area contributed by atoms with Gasteiger partial charge in [0.25, 0.3) is 0 Å². The highest BCUT2D eigenvalue weighted by molar-refractivity contribution is 8.00. The van der Waals surface area contributed by atoms with Crippen LogP contribution in [0.5, 0.6) is 0 Å². The zero-order chi connectivity index (χ0) is 18.3. The number of aromatic nitrogens is 4. The number of H-pyrrole nitrogens is 1. The number of nitrogens with zero attached hydrogens (tertiary/aromatic N) is 3. The first kappa shape index (κ1) is 16.6. The van der Waals surface area contributed by atoms with E-state index in [9.17, 15) is 9.59 Å². The van der Waals surface area contributed by atoms with Gasteiger partial charge < -0.3 is 10.7 Å². The summed E-state index contributed by atoms with van der Waals surface area (Å²) in [7, 11) is 0.